The van der Waals surface area contributed by atoms with E-state index in [0.29, 0.717) is 0 Å². The molecule has 0 bridgehead atoms. The highest BCUT2D eigenvalue weighted by Crippen LogP contribution is 2.85. The zero-order valence-corrected chi connectivity index (χ0v) is 20.7. The molecule has 28 heavy (non-hydrogen) atoms. The molecule has 160 valence electrons. The quantitative estimate of drug-likeness (QED) is 0.415. The monoisotopic (exact) mass is 485 g/mol. The Morgan fingerprint density at radius 3 is 1.14 bits per heavy atom. The van der Waals surface area contributed by atoms with E-state index in [4.69, 9.17) is 36.0 Å². The largest absolute Gasteiger partial charge is 0.240 e. The van der Waals surface area contributed by atoms with E-state index < -0.39 is 20.9 Å². The lowest BCUT2D eigenvalue weighted by molar-refractivity contribution is 0.463. The Morgan fingerprint density at radius 2 is 0.750 bits per heavy atom. The second kappa shape index (κ2) is 8.23. The first-order chi connectivity index (χ1) is 13.5. The molecule has 0 unspecified atom stereocenters. The van der Waals surface area contributed by atoms with E-state index in [-0.39, 0.29) is 0 Å². The molecule has 5 rings (SSSR count). The molecule has 0 aromatic carbocycles. The van der Waals surface area contributed by atoms with Gasteiger partial charge < -0.3 is 0 Å². The van der Waals surface area contributed by atoms with Gasteiger partial charge in [-0.2, -0.15) is 13.5 Å². The van der Waals surface area contributed by atoms with E-state index in [9.17, 15) is 0 Å². The Balaban J connectivity index is 1.71. The van der Waals surface area contributed by atoms with Crippen molar-refractivity contribution in [1.82, 2.24) is 18.7 Å². The van der Waals surface area contributed by atoms with E-state index in [1.807, 2.05) is 0 Å². The van der Waals surface area contributed by atoms with Crippen molar-refractivity contribution < 1.29 is 0 Å². The lowest BCUT2D eigenvalue weighted by Gasteiger charge is -2.43. The summed E-state index contributed by atoms with van der Waals surface area (Å²) in [5, 5.41) is 0. The van der Waals surface area contributed by atoms with E-state index >= 15 is 0 Å². The zero-order chi connectivity index (χ0) is 19.2. The van der Waals surface area contributed by atoms with Gasteiger partial charge in [0.25, 0.3) is 0 Å². The number of nitrogens with zero attached hydrogens (tertiary/aromatic N) is 7. The van der Waals surface area contributed by atoms with Crippen LogP contribution in [0.1, 0.15) is 51.4 Å². The van der Waals surface area contributed by atoms with Crippen LogP contribution >= 0.6 is 43.4 Å². The third kappa shape index (κ3) is 3.65. The number of halogens is 2. The fraction of sp³-hybridized carbons (Fsp3) is 1.00. The molecule has 0 aliphatic carbocycles. The standard InChI is InChI=1S/C16H32Cl2N7P3/c17-26(22-9-1-2-10-22)19-27(18,23-11-3-4-12-23)21-28(20-26,24-13-5-6-14-24)25-15-7-8-16-25/h1-16H2/t26-,27+. The van der Waals surface area contributed by atoms with Crippen LogP contribution in [0.2, 0.25) is 0 Å². The first kappa shape index (κ1) is 21.0. The molecule has 4 fully saturated rings. The molecule has 0 saturated carbocycles. The van der Waals surface area contributed by atoms with Crippen LogP contribution in [-0.4, -0.2) is 71.0 Å². The van der Waals surface area contributed by atoms with Gasteiger partial charge in [0, 0.05) is 52.4 Å². The lowest BCUT2D eigenvalue weighted by atomic mass is 10.4. The minimum atomic E-state index is -2.51. The molecule has 2 atom stereocenters. The molecule has 7 nitrogen and oxygen atoms in total. The summed E-state index contributed by atoms with van der Waals surface area (Å²) in [6.45, 7) is 3.29. The van der Waals surface area contributed by atoms with E-state index in [1.165, 1.54) is 51.4 Å². The van der Waals surface area contributed by atoms with Gasteiger partial charge in [0.1, 0.15) is 0 Å². The molecule has 5 aliphatic heterocycles. The summed E-state index contributed by atoms with van der Waals surface area (Å²) < 4.78 is 26.1. The lowest BCUT2D eigenvalue weighted by Crippen LogP contribution is -2.29. The van der Waals surface area contributed by atoms with Crippen molar-refractivity contribution >= 4 is 43.4 Å². The third-order valence-corrected chi connectivity index (χ3v) is 20.3. The molecule has 5 aliphatic rings. The van der Waals surface area contributed by atoms with Crippen molar-refractivity contribution in [3.05, 3.63) is 0 Å². The SMILES string of the molecule is Cl[P@@]1(N2CCCC2)=N[P@](Cl)(N2CCCC2)=NP(N2CCCC2)(N2CCCC2)=N1. The van der Waals surface area contributed by atoms with E-state index in [1.54, 1.807) is 0 Å². The summed E-state index contributed by atoms with van der Waals surface area (Å²) in [4.78, 5) is 0. The summed E-state index contributed by atoms with van der Waals surface area (Å²) in [6.07, 6.45) is 9.67. The minimum absolute atomic E-state index is 1.00. The maximum Gasteiger partial charge on any atom is 0.239 e. The summed E-state index contributed by atoms with van der Waals surface area (Å²) >= 11 is 14.8. The smallest absolute Gasteiger partial charge is 0.239 e. The van der Waals surface area contributed by atoms with Crippen molar-refractivity contribution in [2.75, 3.05) is 52.4 Å². The maximum atomic E-state index is 7.42. The van der Waals surface area contributed by atoms with Gasteiger partial charge in [0.2, 0.25) is 20.9 Å². The van der Waals surface area contributed by atoms with Gasteiger partial charge >= 0.3 is 0 Å². The van der Waals surface area contributed by atoms with Crippen LogP contribution in [-0.2, 0) is 0 Å². The highest BCUT2D eigenvalue weighted by Gasteiger charge is 2.48. The third-order valence-electron chi connectivity index (χ3n) is 6.50. The predicted molar refractivity (Wildman–Crippen MR) is 123 cm³/mol. The van der Waals surface area contributed by atoms with E-state index in [2.05, 4.69) is 18.7 Å². The number of hydrogen-bond donors (Lipinski definition) is 0. The first-order valence-electron chi connectivity index (χ1n) is 10.9. The van der Waals surface area contributed by atoms with Crippen LogP contribution in [0.25, 0.3) is 0 Å². The Kier molecular flexibility index (Phi) is 6.17. The summed E-state index contributed by atoms with van der Waals surface area (Å²) in [7, 11) is -2.26. The number of rotatable bonds is 4. The van der Waals surface area contributed by atoms with Gasteiger partial charge in [-0.05, 0) is 73.8 Å². The molecule has 0 N–H and O–H groups in total. The average molecular weight is 486 g/mol. The molecule has 0 spiro atoms. The molecule has 4 saturated heterocycles. The Bertz CT molecular complexity index is 723. The molecule has 0 aromatic rings. The van der Waals surface area contributed by atoms with Crippen molar-refractivity contribution in [3.8, 4) is 0 Å². The summed E-state index contributed by atoms with van der Waals surface area (Å²) in [5.74, 6) is 0. The van der Waals surface area contributed by atoms with Crippen molar-refractivity contribution in [2.45, 2.75) is 51.4 Å². The zero-order valence-electron chi connectivity index (χ0n) is 16.5. The van der Waals surface area contributed by atoms with Crippen LogP contribution < -0.4 is 0 Å². The van der Waals surface area contributed by atoms with Gasteiger partial charge in [-0.15, -0.1) is 0 Å². The maximum absolute atomic E-state index is 7.42. The normalized spacial score (nSPS) is 40.5. The summed E-state index contributed by atoms with van der Waals surface area (Å²) in [5.41, 5.74) is 0. The second-order valence-corrected chi connectivity index (χ2v) is 18.6. The molecule has 12 heteroatoms. The van der Waals surface area contributed by atoms with Gasteiger partial charge in [0.05, 0.1) is 0 Å². The second-order valence-electron chi connectivity index (χ2n) is 8.44. The molecular weight excluding hydrogens is 454 g/mol. The molecular formula is C16H32Cl2N7P3. The van der Waals surface area contributed by atoms with Gasteiger partial charge in [-0.1, -0.05) is 0 Å². The summed E-state index contributed by atoms with van der Waals surface area (Å²) in [6, 6.07) is 0. The van der Waals surface area contributed by atoms with Gasteiger partial charge in [-0.25, -0.2) is 18.7 Å². The van der Waals surface area contributed by atoms with Crippen molar-refractivity contribution in [1.29, 1.82) is 0 Å². The van der Waals surface area contributed by atoms with Crippen LogP contribution in [0.3, 0.4) is 0 Å². The minimum Gasteiger partial charge on any atom is -0.240 e. The van der Waals surface area contributed by atoms with Crippen LogP contribution in [0.15, 0.2) is 13.5 Å². The first-order valence-corrected chi connectivity index (χ1v) is 17.6. The van der Waals surface area contributed by atoms with Crippen molar-refractivity contribution in [2.24, 2.45) is 13.5 Å². The average Bonchev–Trinajstić information content (AvgIpc) is 3.51. The van der Waals surface area contributed by atoms with Crippen LogP contribution in [0.5, 0.6) is 0 Å². The Morgan fingerprint density at radius 1 is 0.429 bits per heavy atom. The topological polar surface area (TPSA) is 50.0 Å². The molecule has 0 aromatic heterocycles. The van der Waals surface area contributed by atoms with Crippen LogP contribution in [0.4, 0.5) is 0 Å². The highest BCUT2D eigenvalue weighted by atomic mass is 35.7. The van der Waals surface area contributed by atoms with Gasteiger partial charge in [0.15, 0.2) is 0 Å². The Hall–Kier alpha value is 1.11. The number of hydrogen-bond acceptors (Lipinski definition) is 7. The predicted octanol–water partition coefficient (Wildman–Crippen LogP) is 6.70. The fourth-order valence-corrected chi connectivity index (χ4v) is 21.7. The van der Waals surface area contributed by atoms with Crippen molar-refractivity contribution in [3.63, 3.8) is 0 Å². The highest BCUT2D eigenvalue weighted by molar-refractivity contribution is 8.02. The molecule has 0 amide bonds. The molecule has 5 heterocycles. The van der Waals surface area contributed by atoms with Crippen LogP contribution in [0, 0.1) is 0 Å². The Labute approximate surface area is 179 Å². The molecule has 0 radical (unpaired) electrons. The fourth-order valence-electron chi connectivity index (χ4n) is 4.98. The van der Waals surface area contributed by atoms with E-state index in [0.717, 1.165) is 52.4 Å². The van der Waals surface area contributed by atoms with Gasteiger partial charge in [-0.3, -0.25) is 0 Å².